The number of thiophene rings is 1. The quantitative estimate of drug-likeness (QED) is 0.736. The monoisotopic (exact) mass is 225 g/mol. The number of nitrogens with one attached hydrogen (secondary N) is 1. The number of rotatable bonds is 2. The third kappa shape index (κ3) is 1.59. The van der Waals surface area contributed by atoms with Crippen molar-refractivity contribution in [1.82, 2.24) is 5.32 Å². The Bertz CT molecular complexity index is 381. The molecule has 1 atom stereocenters. The van der Waals surface area contributed by atoms with Crippen LogP contribution in [0.25, 0.3) is 0 Å². The van der Waals surface area contributed by atoms with E-state index in [1.807, 2.05) is 6.92 Å². The lowest BCUT2D eigenvalue weighted by atomic mass is 9.96. The molecule has 0 radical (unpaired) electrons. The summed E-state index contributed by atoms with van der Waals surface area (Å²) < 4.78 is 1.12. The SMILES string of the molecule is C=C(C)NC1(C)CCc2sc(S)cc21. The van der Waals surface area contributed by atoms with Gasteiger partial charge in [-0.1, -0.05) is 6.58 Å². The number of allylic oxidation sites excluding steroid dienone is 1. The van der Waals surface area contributed by atoms with Crippen LogP contribution >= 0.6 is 24.0 Å². The lowest BCUT2D eigenvalue weighted by Gasteiger charge is -2.27. The van der Waals surface area contributed by atoms with E-state index in [1.54, 1.807) is 11.3 Å². The van der Waals surface area contributed by atoms with E-state index in [4.69, 9.17) is 0 Å². The molecule has 1 aliphatic carbocycles. The van der Waals surface area contributed by atoms with Crippen molar-refractivity contribution in [2.75, 3.05) is 0 Å². The van der Waals surface area contributed by atoms with Crippen LogP contribution in [0.3, 0.4) is 0 Å². The summed E-state index contributed by atoms with van der Waals surface area (Å²) in [5.41, 5.74) is 2.53. The average molecular weight is 225 g/mol. The van der Waals surface area contributed by atoms with Gasteiger partial charge in [-0.05, 0) is 38.3 Å². The van der Waals surface area contributed by atoms with Crippen molar-refractivity contribution in [1.29, 1.82) is 0 Å². The highest BCUT2D eigenvalue weighted by molar-refractivity contribution is 7.82. The van der Waals surface area contributed by atoms with Crippen molar-refractivity contribution < 1.29 is 0 Å². The largest absolute Gasteiger partial charge is 0.380 e. The van der Waals surface area contributed by atoms with Crippen LogP contribution in [0.5, 0.6) is 0 Å². The Morgan fingerprint density at radius 3 is 3.07 bits per heavy atom. The fourth-order valence-electron chi connectivity index (χ4n) is 2.17. The Hall–Kier alpha value is -0.410. The number of thiol groups is 1. The van der Waals surface area contributed by atoms with Gasteiger partial charge in [-0.3, -0.25) is 0 Å². The van der Waals surface area contributed by atoms with E-state index in [-0.39, 0.29) is 5.54 Å². The molecule has 0 fully saturated rings. The predicted molar refractivity (Wildman–Crippen MR) is 65.2 cm³/mol. The Balaban J connectivity index is 2.35. The predicted octanol–water partition coefficient (Wildman–Crippen LogP) is 3.32. The van der Waals surface area contributed by atoms with Gasteiger partial charge < -0.3 is 5.32 Å². The van der Waals surface area contributed by atoms with Crippen LogP contribution in [0, 0.1) is 0 Å². The molecule has 1 nitrogen and oxygen atoms in total. The van der Waals surface area contributed by atoms with Crippen LogP contribution in [-0.4, -0.2) is 0 Å². The highest BCUT2D eigenvalue weighted by atomic mass is 32.2. The van der Waals surface area contributed by atoms with Gasteiger partial charge in [-0.25, -0.2) is 0 Å². The highest BCUT2D eigenvalue weighted by Gasteiger charge is 2.35. The lowest BCUT2D eigenvalue weighted by molar-refractivity contribution is 0.403. The minimum atomic E-state index is 0.0820. The van der Waals surface area contributed by atoms with Crippen LogP contribution in [0.4, 0.5) is 0 Å². The molecule has 3 heteroatoms. The molecule has 1 aliphatic rings. The molecular weight excluding hydrogens is 210 g/mol. The molecule has 76 valence electrons. The zero-order valence-corrected chi connectivity index (χ0v) is 10.3. The highest BCUT2D eigenvalue weighted by Crippen LogP contribution is 2.42. The first-order chi connectivity index (χ1) is 6.51. The van der Waals surface area contributed by atoms with Crippen molar-refractivity contribution in [3.05, 3.63) is 28.8 Å². The van der Waals surface area contributed by atoms with Gasteiger partial charge in [0, 0.05) is 10.6 Å². The van der Waals surface area contributed by atoms with Gasteiger partial charge in [-0.2, -0.15) is 0 Å². The Labute approximate surface area is 94.6 Å². The van der Waals surface area contributed by atoms with E-state index in [0.717, 1.165) is 22.7 Å². The first kappa shape index (κ1) is 10.1. The summed E-state index contributed by atoms with van der Waals surface area (Å²) in [6, 6.07) is 2.19. The molecule has 1 N–H and O–H groups in total. The Kier molecular flexibility index (Phi) is 2.40. The van der Waals surface area contributed by atoms with E-state index in [1.165, 1.54) is 10.4 Å². The number of fused-ring (bicyclic) bond motifs is 1. The van der Waals surface area contributed by atoms with E-state index < -0.39 is 0 Å². The van der Waals surface area contributed by atoms with Crippen LogP contribution in [0.2, 0.25) is 0 Å². The molecule has 1 unspecified atom stereocenters. The maximum atomic E-state index is 4.40. The molecule has 0 saturated heterocycles. The van der Waals surface area contributed by atoms with Crippen LogP contribution in [0.1, 0.15) is 30.7 Å². The Morgan fingerprint density at radius 2 is 2.43 bits per heavy atom. The zero-order valence-electron chi connectivity index (χ0n) is 8.55. The topological polar surface area (TPSA) is 12.0 Å². The summed E-state index contributed by atoms with van der Waals surface area (Å²) in [5.74, 6) is 0. The summed E-state index contributed by atoms with van der Waals surface area (Å²) in [4.78, 5) is 1.48. The number of hydrogen-bond donors (Lipinski definition) is 2. The summed E-state index contributed by atoms with van der Waals surface area (Å²) in [6.07, 6.45) is 2.33. The second kappa shape index (κ2) is 3.31. The maximum absolute atomic E-state index is 4.40. The summed E-state index contributed by atoms with van der Waals surface area (Å²) in [7, 11) is 0. The molecule has 1 heterocycles. The van der Waals surface area contributed by atoms with E-state index in [2.05, 4.69) is 37.5 Å². The maximum Gasteiger partial charge on any atom is 0.0608 e. The smallest absolute Gasteiger partial charge is 0.0608 e. The first-order valence-electron chi connectivity index (χ1n) is 4.77. The van der Waals surface area contributed by atoms with Crippen LogP contribution in [0.15, 0.2) is 22.6 Å². The minimum absolute atomic E-state index is 0.0820. The standard InChI is InChI=1S/C11H15NS2/c1-7(2)12-11(3)5-4-9-8(11)6-10(13)14-9/h6,12-13H,1,4-5H2,2-3H3. The zero-order chi connectivity index (χ0) is 10.3. The molecule has 14 heavy (non-hydrogen) atoms. The van der Waals surface area contributed by atoms with Gasteiger partial charge >= 0.3 is 0 Å². The fraction of sp³-hybridized carbons (Fsp3) is 0.455. The average Bonchev–Trinajstić information content (AvgIpc) is 2.52. The molecule has 0 aromatic carbocycles. The first-order valence-corrected chi connectivity index (χ1v) is 6.03. The van der Waals surface area contributed by atoms with Crippen LogP contribution < -0.4 is 5.32 Å². The van der Waals surface area contributed by atoms with Crippen molar-refractivity contribution in [3.8, 4) is 0 Å². The summed E-state index contributed by atoms with van der Waals surface area (Å²) in [5, 5.41) is 3.47. The number of hydrogen-bond acceptors (Lipinski definition) is 3. The number of aryl methyl sites for hydroxylation is 1. The molecule has 0 amide bonds. The molecular formula is C11H15NS2. The molecule has 0 saturated carbocycles. The molecule has 0 spiro atoms. The van der Waals surface area contributed by atoms with E-state index in [9.17, 15) is 0 Å². The van der Waals surface area contributed by atoms with Gasteiger partial charge in [-0.15, -0.1) is 24.0 Å². The van der Waals surface area contributed by atoms with Gasteiger partial charge in [0.15, 0.2) is 0 Å². The van der Waals surface area contributed by atoms with Crippen molar-refractivity contribution in [2.45, 2.75) is 36.4 Å². The van der Waals surface area contributed by atoms with Gasteiger partial charge in [0.2, 0.25) is 0 Å². The van der Waals surface area contributed by atoms with Gasteiger partial charge in [0.25, 0.3) is 0 Å². The van der Waals surface area contributed by atoms with E-state index >= 15 is 0 Å². The summed E-state index contributed by atoms with van der Waals surface area (Å²) >= 11 is 6.20. The molecule has 1 aromatic rings. The third-order valence-electron chi connectivity index (χ3n) is 2.73. The van der Waals surface area contributed by atoms with Crippen molar-refractivity contribution >= 4 is 24.0 Å². The fourth-order valence-corrected chi connectivity index (χ4v) is 3.65. The van der Waals surface area contributed by atoms with E-state index in [0.29, 0.717) is 0 Å². The molecule has 0 aliphatic heterocycles. The van der Waals surface area contributed by atoms with Crippen molar-refractivity contribution in [2.24, 2.45) is 0 Å². The normalized spacial score (nSPS) is 24.8. The Morgan fingerprint density at radius 1 is 1.71 bits per heavy atom. The third-order valence-corrected chi connectivity index (χ3v) is 4.13. The second-order valence-corrected chi connectivity index (χ2v) is 6.08. The second-order valence-electron chi connectivity index (χ2n) is 4.16. The van der Waals surface area contributed by atoms with Crippen molar-refractivity contribution in [3.63, 3.8) is 0 Å². The van der Waals surface area contributed by atoms with Gasteiger partial charge in [0.1, 0.15) is 0 Å². The molecule has 2 rings (SSSR count). The van der Waals surface area contributed by atoms with Crippen LogP contribution in [-0.2, 0) is 12.0 Å². The molecule has 1 aromatic heterocycles. The lowest BCUT2D eigenvalue weighted by Crippen LogP contribution is -2.35. The molecule has 0 bridgehead atoms. The summed E-state index contributed by atoms with van der Waals surface area (Å²) in [6.45, 7) is 8.17. The minimum Gasteiger partial charge on any atom is -0.380 e. The van der Waals surface area contributed by atoms with Gasteiger partial charge in [0.05, 0.1) is 9.75 Å².